The molecule has 0 atom stereocenters. The van der Waals surface area contributed by atoms with Gasteiger partial charge in [-0.15, -0.1) is 0 Å². The van der Waals surface area contributed by atoms with Crippen molar-refractivity contribution in [1.29, 1.82) is 0 Å². The maximum absolute atomic E-state index is 13.0. The molecule has 3 rings (SSSR count). The van der Waals surface area contributed by atoms with E-state index in [1.807, 2.05) is 6.92 Å². The van der Waals surface area contributed by atoms with Gasteiger partial charge in [0.1, 0.15) is 0 Å². The van der Waals surface area contributed by atoms with E-state index in [0.29, 0.717) is 37.8 Å². The molecule has 1 aromatic carbocycles. The molecule has 156 valence electrons. The number of aryl methyl sites for hydroxylation is 1. The number of amides is 1. The SMILES string of the molecule is COCCNS(=O)(=O)c1ccc(C)c(C(=O)N2CCC(C3OCCO3)CC2)c1. The first-order valence-corrected chi connectivity index (χ1v) is 11.0. The van der Waals surface area contributed by atoms with Crippen LogP contribution in [-0.4, -0.2) is 72.1 Å². The predicted octanol–water partition coefficient (Wildman–Crippen LogP) is 1.14. The Morgan fingerprint density at radius 3 is 2.57 bits per heavy atom. The molecule has 2 aliphatic heterocycles. The zero-order valence-electron chi connectivity index (χ0n) is 16.3. The highest BCUT2D eigenvalue weighted by Gasteiger charge is 2.32. The van der Waals surface area contributed by atoms with Gasteiger partial charge in [-0.3, -0.25) is 4.79 Å². The van der Waals surface area contributed by atoms with Crippen molar-refractivity contribution in [2.45, 2.75) is 31.0 Å². The molecule has 0 spiro atoms. The van der Waals surface area contributed by atoms with E-state index < -0.39 is 10.0 Å². The van der Waals surface area contributed by atoms with Gasteiger partial charge in [0.05, 0.1) is 24.7 Å². The summed E-state index contributed by atoms with van der Waals surface area (Å²) in [6.45, 7) is 4.74. The molecule has 2 heterocycles. The monoisotopic (exact) mass is 412 g/mol. The summed E-state index contributed by atoms with van der Waals surface area (Å²) in [5, 5.41) is 0. The fraction of sp³-hybridized carbons (Fsp3) is 0.632. The molecular formula is C19H28N2O6S. The molecule has 8 nitrogen and oxygen atoms in total. The molecule has 0 bridgehead atoms. The Morgan fingerprint density at radius 2 is 1.93 bits per heavy atom. The number of ether oxygens (including phenoxy) is 3. The van der Waals surface area contributed by atoms with Gasteiger partial charge >= 0.3 is 0 Å². The molecule has 0 unspecified atom stereocenters. The van der Waals surface area contributed by atoms with Crippen molar-refractivity contribution >= 4 is 15.9 Å². The van der Waals surface area contributed by atoms with Crippen molar-refractivity contribution in [3.63, 3.8) is 0 Å². The van der Waals surface area contributed by atoms with E-state index in [1.165, 1.54) is 19.2 Å². The van der Waals surface area contributed by atoms with Crippen LogP contribution in [0.25, 0.3) is 0 Å². The maximum Gasteiger partial charge on any atom is 0.254 e. The Morgan fingerprint density at radius 1 is 1.25 bits per heavy atom. The standard InChI is InChI=1S/C19H28N2O6S/c1-14-3-4-16(28(23,24)20-7-10-25-2)13-17(14)18(22)21-8-5-15(6-9-21)19-26-11-12-27-19/h3-4,13,15,19-20H,5-12H2,1-2H3. The molecule has 0 aliphatic carbocycles. The number of sulfonamides is 1. The number of carbonyl (C=O) groups is 1. The number of methoxy groups -OCH3 is 1. The van der Waals surface area contributed by atoms with Crippen LogP contribution in [0, 0.1) is 12.8 Å². The molecule has 2 fully saturated rings. The second-order valence-electron chi connectivity index (χ2n) is 7.11. The van der Waals surface area contributed by atoms with E-state index in [0.717, 1.165) is 18.4 Å². The molecule has 0 aromatic heterocycles. The minimum Gasteiger partial charge on any atom is -0.383 e. The summed E-state index contributed by atoms with van der Waals surface area (Å²) < 4.78 is 43.4. The smallest absolute Gasteiger partial charge is 0.254 e. The van der Waals surface area contributed by atoms with Crippen LogP contribution < -0.4 is 4.72 Å². The van der Waals surface area contributed by atoms with Gasteiger partial charge in [-0.1, -0.05) is 6.07 Å². The third kappa shape index (κ3) is 4.90. The molecule has 1 N–H and O–H groups in total. The largest absolute Gasteiger partial charge is 0.383 e. The van der Waals surface area contributed by atoms with Crippen molar-refractivity contribution in [3.8, 4) is 0 Å². The van der Waals surface area contributed by atoms with Crippen molar-refractivity contribution < 1.29 is 27.4 Å². The van der Waals surface area contributed by atoms with E-state index >= 15 is 0 Å². The van der Waals surface area contributed by atoms with Crippen LogP contribution in [0.3, 0.4) is 0 Å². The van der Waals surface area contributed by atoms with Crippen molar-refractivity contribution in [1.82, 2.24) is 9.62 Å². The van der Waals surface area contributed by atoms with E-state index in [2.05, 4.69) is 4.72 Å². The Kier molecular flexibility index (Phi) is 7.05. The van der Waals surface area contributed by atoms with Crippen molar-refractivity contribution in [3.05, 3.63) is 29.3 Å². The van der Waals surface area contributed by atoms with Crippen LogP contribution >= 0.6 is 0 Å². The van der Waals surface area contributed by atoms with Crippen LogP contribution in [0.5, 0.6) is 0 Å². The van der Waals surface area contributed by atoms with E-state index in [-0.39, 0.29) is 30.2 Å². The topological polar surface area (TPSA) is 94.2 Å². The highest BCUT2D eigenvalue weighted by molar-refractivity contribution is 7.89. The first kappa shape index (κ1) is 21.2. The lowest BCUT2D eigenvalue weighted by Crippen LogP contribution is -2.41. The van der Waals surface area contributed by atoms with Gasteiger partial charge in [0.25, 0.3) is 5.91 Å². The normalized spacial score (nSPS) is 19.3. The van der Waals surface area contributed by atoms with Crippen LogP contribution in [0.15, 0.2) is 23.1 Å². The van der Waals surface area contributed by atoms with Gasteiger partial charge < -0.3 is 19.1 Å². The summed E-state index contributed by atoms with van der Waals surface area (Å²) in [6, 6.07) is 4.65. The molecule has 0 saturated carbocycles. The van der Waals surface area contributed by atoms with Gasteiger partial charge in [0.15, 0.2) is 6.29 Å². The number of likely N-dealkylation sites (tertiary alicyclic amines) is 1. The number of benzene rings is 1. The fourth-order valence-electron chi connectivity index (χ4n) is 3.55. The number of nitrogens with zero attached hydrogens (tertiary/aromatic N) is 1. The zero-order chi connectivity index (χ0) is 20.1. The Labute approximate surface area is 166 Å². The third-order valence-corrected chi connectivity index (χ3v) is 6.67. The van der Waals surface area contributed by atoms with E-state index in [4.69, 9.17) is 14.2 Å². The van der Waals surface area contributed by atoms with Crippen LogP contribution in [0.2, 0.25) is 0 Å². The number of nitrogens with one attached hydrogen (secondary N) is 1. The molecule has 1 aromatic rings. The van der Waals surface area contributed by atoms with Crippen LogP contribution in [-0.2, 0) is 24.2 Å². The molecule has 9 heteroatoms. The Bertz CT molecular complexity index is 784. The zero-order valence-corrected chi connectivity index (χ0v) is 17.2. The average molecular weight is 413 g/mol. The lowest BCUT2D eigenvalue weighted by molar-refractivity contribution is -0.0956. The van der Waals surface area contributed by atoms with Crippen molar-refractivity contribution in [2.24, 2.45) is 5.92 Å². The minimum atomic E-state index is -3.69. The quantitative estimate of drug-likeness (QED) is 0.675. The van der Waals surface area contributed by atoms with Gasteiger partial charge in [0, 0.05) is 38.2 Å². The lowest BCUT2D eigenvalue weighted by Gasteiger charge is -2.34. The summed E-state index contributed by atoms with van der Waals surface area (Å²) in [5.74, 6) is 0.155. The first-order valence-electron chi connectivity index (χ1n) is 9.54. The van der Waals surface area contributed by atoms with Crippen LogP contribution in [0.1, 0.15) is 28.8 Å². The average Bonchev–Trinajstić information content (AvgIpc) is 3.23. The fourth-order valence-corrected chi connectivity index (χ4v) is 4.59. The molecular weight excluding hydrogens is 384 g/mol. The summed E-state index contributed by atoms with van der Waals surface area (Å²) in [5.41, 5.74) is 1.17. The first-order chi connectivity index (χ1) is 13.4. The maximum atomic E-state index is 13.0. The number of rotatable bonds is 7. The highest BCUT2D eigenvalue weighted by atomic mass is 32.2. The lowest BCUT2D eigenvalue weighted by atomic mass is 9.95. The summed E-state index contributed by atoms with van der Waals surface area (Å²) in [6.07, 6.45) is 1.46. The number of carbonyl (C=O) groups excluding carboxylic acids is 1. The molecule has 1 amide bonds. The number of piperidine rings is 1. The molecule has 2 saturated heterocycles. The summed E-state index contributed by atoms with van der Waals surface area (Å²) >= 11 is 0. The summed E-state index contributed by atoms with van der Waals surface area (Å²) in [7, 11) is -2.18. The highest BCUT2D eigenvalue weighted by Crippen LogP contribution is 2.27. The second kappa shape index (κ2) is 9.32. The van der Waals surface area contributed by atoms with Crippen LogP contribution in [0.4, 0.5) is 0 Å². The van der Waals surface area contributed by atoms with Gasteiger partial charge in [0.2, 0.25) is 10.0 Å². The van der Waals surface area contributed by atoms with Gasteiger partial charge in [-0.05, 0) is 37.5 Å². The predicted molar refractivity (Wildman–Crippen MR) is 103 cm³/mol. The summed E-state index contributed by atoms with van der Waals surface area (Å²) in [4.78, 5) is 14.9. The molecule has 2 aliphatic rings. The molecule has 0 radical (unpaired) electrons. The second-order valence-corrected chi connectivity index (χ2v) is 8.87. The third-order valence-electron chi connectivity index (χ3n) is 5.21. The number of hydrogen-bond donors (Lipinski definition) is 1. The van der Waals surface area contributed by atoms with E-state index in [9.17, 15) is 13.2 Å². The van der Waals surface area contributed by atoms with E-state index in [1.54, 1.807) is 11.0 Å². The Balaban J connectivity index is 1.68. The minimum absolute atomic E-state index is 0.0835. The number of hydrogen-bond acceptors (Lipinski definition) is 6. The molecule has 28 heavy (non-hydrogen) atoms. The van der Waals surface area contributed by atoms with Gasteiger partial charge in [-0.2, -0.15) is 0 Å². The Hall–Kier alpha value is -1.52. The van der Waals surface area contributed by atoms with Crippen molar-refractivity contribution in [2.75, 3.05) is 46.6 Å². The van der Waals surface area contributed by atoms with Gasteiger partial charge in [-0.25, -0.2) is 13.1 Å².